The van der Waals surface area contributed by atoms with Gasteiger partial charge in [-0.15, -0.1) is 0 Å². The molecule has 31 heavy (non-hydrogen) atoms. The highest BCUT2D eigenvalue weighted by Crippen LogP contribution is 2.20. The molecule has 0 bridgehead atoms. The number of halogens is 1. The van der Waals surface area contributed by atoms with E-state index < -0.39 is 17.5 Å². The van der Waals surface area contributed by atoms with Crippen LogP contribution in [-0.2, 0) is 11.8 Å². The van der Waals surface area contributed by atoms with Crippen molar-refractivity contribution < 1.29 is 9.59 Å². The molecule has 3 heterocycles. The summed E-state index contributed by atoms with van der Waals surface area (Å²) in [6.07, 6.45) is 5.28. The summed E-state index contributed by atoms with van der Waals surface area (Å²) < 4.78 is 2.67. The van der Waals surface area contributed by atoms with Gasteiger partial charge in [0, 0.05) is 24.2 Å². The highest BCUT2D eigenvalue weighted by molar-refractivity contribution is 6.30. The molecule has 1 fully saturated rings. The van der Waals surface area contributed by atoms with E-state index in [4.69, 9.17) is 11.6 Å². The van der Waals surface area contributed by atoms with E-state index in [9.17, 15) is 14.4 Å². The van der Waals surface area contributed by atoms with Crippen molar-refractivity contribution in [2.24, 2.45) is 7.05 Å². The summed E-state index contributed by atoms with van der Waals surface area (Å²) in [4.78, 5) is 38.4. The van der Waals surface area contributed by atoms with Gasteiger partial charge in [-0.25, -0.2) is 0 Å². The lowest BCUT2D eigenvalue weighted by atomic mass is 10.1. The third-order valence-corrected chi connectivity index (χ3v) is 5.32. The molecule has 2 aromatic heterocycles. The molecule has 1 unspecified atom stereocenters. The number of rotatable bonds is 4. The summed E-state index contributed by atoms with van der Waals surface area (Å²) in [5.41, 5.74) is 0.807. The zero-order valence-electron chi connectivity index (χ0n) is 16.8. The van der Waals surface area contributed by atoms with Gasteiger partial charge >= 0.3 is 0 Å². The Hall–Kier alpha value is -3.46. The fraction of sp³-hybridized carbons (Fsp3) is 0.286. The Morgan fingerprint density at radius 2 is 2.00 bits per heavy atom. The Bertz CT molecular complexity index is 1180. The Kier molecular flexibility index (Phi) is 5.85. The van der Waals surface area contributed by atoms with Crippen LogP contribution in [0.4, 0.5) is 0 Å². The van der Waals surface area contributed by atoms with Gasteiger partial charge in [-0.05, 0) is 37.5 Å². The number of carbonyl (C=O) groups excluding carboxylic acids is 2. The Morgan fingerprint density at radius 1 is 1.23 bits per heavy atom. The minimum absolute atomic E-state index is 0.110. The molecular formula is C21H21ClN6O3. The third-order valence-electron chi connectivity index (χ3n) is 5.07. The second-order valence-electron chi connectivity index (χ2n) is 7.35. The van der Waals surface area contributed by atoms with Crippen molar-refractivity contribution in [2.75, 3.05) is 6.54 Å². The molecule has 0 saturated carbocycles. The van der Waals surface area contributed by atoms with Crippen LogP contribution in [0.3, 0.4) is 0 Å². The number of hydrogen-bond acceptors (Lipinski definition) is 5. The molecule has 0 aliphatic carbocycles. The molecule has 1 saturated heterocycles. The maximum Gasteiger partial charge on any atom is 0.284 e. The molecular weight excluding hydrogens is 420 g/mol. The number of benzene rings is 1. The van der Waals surface area contributed by atoms with E-state index in [0.29, 0.717) is 34.9 Å². The standard InChI is InChI=1S/C21H21ClN6O3/c1-27-12-15(11-24-27)28-21(31)16(10-18(26-28)13-5-7-14(22)8-6-13)19(29)25-17-4-2-3-9-23-20(17)30/h5-8,10-12,17H,2-4,9H2,1H3,(H,23,30)(H,25,29). The van der Waals surface area contributed by atoms with Crippen molar-refractivity contribution in [3.63, 3.8) is 0 Å². The predicted molar refractivity (Wildman–Crippen MR) is 115 cm³/mol. The summed E-state index contributed by atoms with van der Waals surface area (Å²) in [6.45, 7) is 0.578. The van der Waals surface area contributed by atoms with Gasteiger partial charge in [0.25, 0.3) is 11.5 Å². The van der Waals surface area contributed by atoms with Crippen LogP contribution >= 0.6 is 11.6 Å². The Labute approximate surface area is 183 Å². The number of amides is 2. The number of aryl methyl sites for hydroxylation is 1. The Morgan fingerprint density at radius 3 is 2.71 bits per heavy atom. The van der Waals surface area contributed by atoms with Crippen molar-refractivity contribution in [1.82, 2.24) is 30.2 Å². The Balaban J connectivity index is 1.77. The quantitative estimate of drug-likeness (QED) is 0.641. The van der Waals surface area contributed by atoms with Gasteiger partial charge in [-0.3, -0.25) is 19.1 Å². The van der Waals surface area contributed by atoms with Gasteiger partial charge in [-0.2, -0.15) is 14.9 Å². The van der Waals surface area contributed by atoms with Crippen LogP contribution in [0.2, 0.25) is 5.02 Å². The molecule has 2 N–H and O–H groups in total. The summed E-state index contributed by atoms with van der Waals surface area (Å²) >= 11 is 5.98. The predicted octanol–water partition coefficient (Wildman–Crippen LogP) is 1.68. The molecule has 3 aromatic rings. The van der Waals surface area contributed by atoms with Gasteiger partial charge < -0.3 is 10.6 Å². The van der Waals surface area contributed by atoms with Crippen LogP contribution in [0.1, 0.15) is 29.6 Å². The number of aromatic nitrogens is 4. The van der Waals surface area contributed by atoms with Crippen LogP contribution in [0, 0.1) is 0 Å². The fourth-order valence-electron chi connectivity index (χ4n) is 3.42. The zero-order valence-corrected chi connectivity index (χ0v) is 17.6. The highest BCUT2D eigenvalue weighted by Gasteiger charge is 2.25. The van der Waals surface area contributed by atoms with Crippen LogP contribution < -0.4 is 16.2 Å². The molecule has 9 nitrogen and oxygen atoms in total. The number of hydrogen-bond donors (Lipinski definition) is 2. The minimum Gasteiger partial charge on any atom is -0.354 e. The monoisotopic (exact) mass is 440 g/mol. The molecule has 10 heteroatoms. The molecule has 160 valence electrons. The van der Waals surface area contributed by atoms with Crippen molar-refractivity contribution in [3.8, 4) is 16.9 Å². The van der Waals surface area contributed by atoms with Crippen molar-refractivity contribution in [1.29, 1.82) is 0 Å². The third kappa shape index (κ3) is 4.51. The van der Waals surface area contributed by atoms with E-state index in [-0.39, 0.29) is 11.5 Å². The van der Waals surface area contributed by atoms with E-state index in [1.54, 1.807) is 37.5 Å². The normalized spacial score (nSPS) is 16.5. The van der Waals surface area contributed by atoms with Gasteiger partial charge in [0.15, 0.2) is 0 Å². The molecule has 1 atom stereocenters. The lowest BCUT2D eigenvalue weighted by molar-refractivity contribution is -0.122. The first-order valence-electron chi connectivity index (χ1n) is 9.90. The molecule has 0 spiro atoms. The SMILES string of the molecule is Cn1cc(-n2nc(-c3ccc(Cl)cc3)cc(C(=O)NC3CCCCNC3=O)c2=O)cn1. The second-order valence-corrected chi connectivity index (χ2v) is 7.79. The average molecular weight is 441 g/mol. The molecule has 4 rings (SSSR count). The summed E-state index contributed by atoms with van der Waals surface area (Å²) in [6, 6.07) is 7.66. The minimum atomic E-state index is -0.687. The zero-order chi connectivity index (χ0) is 22.0. The molecule has 1 aliphatic heterocycles. The van der Waals surface area contributed by atoms with Crippen LogP contribution in [-0.4, -0.2) is 44.0 Å². The smallest absolute Gasteiger partial charge is 0.284 e. The van der Waals surface area contributed by atoms with Crippen LogP contribution in [0.15, 0.2) is 47.5 Å². The van der Waals surface area contributed by atoms with Crippen LogP contribution in [0.25, 0.3) is 16.9 Å². The van der Waals surface area contributed by atoms with Crippen LogP contribution in [0.5, 0.6) is 0 Å². The highest BCUT2D eigenvalue weighted by atomic mass is 35.5. The fourth-order valence-corrected chi connectivity index (χ4v) is 3.55. The molecule has 1 aromatic carbocycles. The lowest BCUT2D eigenvalue weighted by Crippen LogP contribution is -2.47. The summed E-state index contributed by atoms with van der Waals surface area (Å²) in [5, 5.41) is 14.5. The molecule has 1 aliphatic rings. The first-order valence-corrected chi connectivity index (χ1v) is 10.3. The van der Waals surface area contributed by atoms with Gasteiger partial charge in [0.05, 0.1) is 18.1 Å². The van der Waals surface area contributed by atoms with Crippen molar-refractivity contribution >= 4 is 23.4 Å². The largest absolute Gasteiger partial charge is 0.354 e. The molecule has 2 amide bonds. The van der Waals surface area contributed by atoms with E-state index in [1.807, 2.05) is 0 Å². The van der Waals surface area contributed by atoms with E-state index in [0.717, 1.165) is 17.5 Å². The number of nitrogens with one attached hydrogen (secondary N) is 2. The van der Waals surface area contributed by atoms with Gasteiger partial charge in [-0.1, -0.05) is 23.7 Å². The summed E-state index contributed by atoms with van der Waals surface area (Å²) in [7, 11) is 1.72. The van der Waals surface area contributed by atoms with E-state index in [1.165, 1.54) is 16.9 Å². The maximum atomic E-state index is 13.1. The van der Waals surface area contributed by atoms with E-state index in [2.05, 4.69) is 20.8 Å². The van der Waals surface area contributed by atoms with Crippen molar-refractivity contribution in [3.05, 3.63) is 63.7 Å². The van der Waals surface area contributed by atoms with Crippen molar-refractivity contribution in [2.45, 2.75) is 25.3 Å². The number of carbonyl (C=O) groups is 2. The van der Waals surface area contributed by atoms with E-state index >= 15 is 0 Å². The maximum absolute atomic E-state index is 13.1. The second kappa shape index (κ2) is 8.73. The van der Waals surface area contributed by atoms with Gasteiger partial charge in [0.1, 0.15) is 17.3 Å². The first-order chi connectivity index (χ1) is 14.9. The average Bonchev–Trinajstić information content (AvgIpc) is 3.08. The number of nitrogens with zero attached hydrogens (tertiary/aromatic N) is 4. The summed E-state index contributed by atoms with van der Waals surface area (Å²) in [5.74, 6) is -0.868. The lowest BCUT2D eigenvalue weighted by Gasteiger charge is -2.16. The van der Waals surface area contributed by atoms with Gasteiger partial charge in [0.2, 0.25) is 5.91 Å². The molecule has 0 radical (unpaired) electrons. The first kappa shape index (κ1) is 20.8. The topological polar surface area (TPSA) is 111 Å².